The number of nitrogens with one attached hydrogen (secondary N) is 1. The summed E-state index contributed by atoms with van der Waals surface area (Å²) in [6.45, 7) is 2.55. The molecule has 2 aromatic rings. The molecule has 1 amide bonds. The van der Waals surface area contributed by atoms with Crippen molar-refractivity contribution in [2.24, 2.45) is 0 Å². The number of hydrogen-bond acceptors (Lipinski definition) is 4. The van der Waals surface area contributed by atoms with E-state index in [1.54, 1.807) is 11.3 Å². The first-order valence-electron chi connectivity index (χ1n) is 8.48. The van der Waals surface area contributed by atoms with Crippen LogP contribution in [0.15, 0.2) is 30.3 Å². The molecular formula is C19H20ClNO3S. The van der Waals surface area contributed by atoms with E-state index in [0.29, 0.717) is 19.8 Å². The Bertz CT molecular complexity index is 742. The van der Waals surface area contributed by atoms with Crippen LogP contribution >= 0.6 is 22.9 Å². The average molecular weight is 378 g/mol. The smallest absolute Gasteiger partial charge is 0.261 e. The Balaban J connectivity index is 1.52. The Hall–Kier alpha value is -1.40. The lowest BCUT2D eigenvalue weighted by atomic mass is 9.90. The molecule has 1 N–H and O–H groups in total. The molecule has 1 aromatic heterocycles. The predicted octanol–water partition coefficient (Wildman–Crippen LogP) is 3.61. The molecule has 0 aliphatic carbocycles. The number of carbonyl (C=O) groups excluding carboxylic acids is 1. The Morgan fingerprint density at radius 2 is 2.08 bits per heavy atom. The normalized spacial score (nSPS) is 22.6. The monoisotopic (exact) mass is 377 g/mol. The summed E-state index contributed by atoms with van der Waals surface area (Å²) in [6, 6.07) is 9.76. The SMILES string of the molecule is O=C(N[C@]1(Cc2ccc(Cl)cc2)CCOC1)c1cc2c(s1)CCOC2. The lowest BCUT2D eigenvalue weighted by Gasteiger charge is -2.29. The van der Waals surface area contributed by atoms with Crippen molar-refractivity contribution >= 4 is 28.8 Å². The summed E-state index contributed by atoms with van der Waals surface area (Å²) in [5.74, 6) is -0.0149. The Morgan fingerprint density at radius 3 is 2.80 bits per heavy atom. The average Bonchev–Trinajstić information content (AvgIpc) is 3.24. The first-order valence-corrected chi connectivity index (χ1v) is 9.67. The van der Waals surface area contributed by atoms with Crippen LogP contribution in [0, 0.1) is 0 Å². The maximum absolute atomic E-state index is 12.8. The van der Waals surface area contributed by atoms with Crippen LogP contribution in [0.25, 0.3) is 0 Å². The summed E-state index contributed by atoms with van der Waals surface area (Å²) in [4.78, 5) is 14.9. The van der Waals surface area contributed by atoms with Gasteiger partial charge in [0.2, 0.25) is 0 Å². The minimum absolute atomic E-state index is 0.0149. The van der Waals surface area contributed by atoms with Crippen LogP contribution in [0.2, 0.25) is 5.02 Å². The molecule has 25 heavy (non-hydrogen) atoms. The van der Waals surface area contributed by atoms with Crippen LogP contribution in [0.4, 0.5) is 0 Å². The minimum Gasteiger partial charge on any atom is -0.379 e. The predicted molar refractivity (Wildman–Crippen MR) is 98.5 cm³/mol. The van der Waals surface area contributed by atoms with Crippen LogP contribution in [-0.2, 0) is 28.9 Å². The molecule has 2 aliphatic heterocycles. The lowest BCUT2D eigenvalue weighted by molar-refractivity contribution is 0.0881. The summed E-state index contributed by atoms with van der Waals surface area (Å²) in [5, 5.41) is 3.97. The number of amides is 1. The van der Waals surface area contributed by atoms with Gasteiger partial charge in [-0.1, -0.05) is 23.7 Å². The lowest BCUT2D eigenvalue weighted by Crippen LogP contribution is -2.50. The second-order valence-corrected chi connectivity index (χ2v) is 8.28. The molecule has 0 saturated carbocycles. The van der Waals surface area contributed by atoms with Gasteiger partial charge >= 0.3 is 0 Å². The van der Waals surface area contributed by atoms with Crippen LogP contribution in [0.5, 0.6) is 0 Å². The van der Waals surface area contributed by atoms with Gasteiger partial charge in [-0.25, -0.2) is 0 Å². The molecule has 1 fully saturated rings. The fourth-order valence-electron chi connectivity index (χ4n) is 3.44. The molecule has 6 heteroatoms. The molecule has 0 spiro atoms. The van der Waals surface area contributed by atoms with Gasteiger partial charge < -0.3 is 14.8 Å². The van der Waals surface area contributed by atoms with Crippen LogP contribution in [0.3, 0.4) is 0 Å². The number of thiophene rings is 1. The molecule has 0 unspecified atom stereocenters. The molecular weight excluding hydrogens is 358 g/mol. The number of benzene rings is 1. The van der Waals surface area contributed by atoms with E-state index in [-0.39, 0.29) is 11.4 Å². The van der Waals surface area contributed by atoms with E-state index in [4.69, 9.17) is 21.1 Å². The Labute approximate surface area is 156 Å². The maximum atomic E-state index is 12.8. The third-order valence-electron chi connectivity index (χ3n) is 4.79. The molecule has 1 saturated heterocycles. The number of carbonyl (C=O) groups is 1. The van der Waals surface area contributed by atoms with E-state index in [2.05, 4.69) is 5.32 Å². The van der Waals surface area contributed by atoms with E-state index < -0.39 is 0 Å². The van der Waals surface area contributed by atoms with Gasteiger partial charge in [0.05, 0.1) is 30.2 Å². The van der Waals surface area contributed by atoms with E-state index in [0.717, 1.165) is 46.9 Å². The van der Waals surface area contributed by atoms with Gasteiger partial charge in [0.15, 0.2) is 0 Å². The van der Waals surface area contributed by atoms with Crippen molar-refractivity contribution < 1.29 is 14.3 Å². The third-order valence-corrected chi connectivity index (χ3v) is 6.28. The van der Waals surface area contributed by atoms with Gasteiger partial charge in [0.1, 0.15) is 0 Å². The zero-order valence-corrected chi connectivity index (χ0v) is 15.4. The summed E-state index contributed by atoms with van der Waals surface area (Å²) in [5.41, 5.74) is 1.94. The van der Waals surface area contributed by atoms with E-state index in [1.165, 1.54) is 4.88 Å². The van der Waals surface area contributed by atoms with Crippen LogP contribution in [-0.4, -0.2) is 31.3 Å². The topological polar surface area (TPSA) is 47.6 Å². The molecule has 0 bridgehead atoms. The molecule has 2 aliphatic rings. The van der Waals surface area contributed by atoms with Crippen LogP contribution in [0.1, 0.15) is 32.1 Å². The highest BCUT2D eigenvalue weighted by molar-refractivity contribution is 7.14. The fraction of sp³-hybridized carbons (Fsp3) is 0.421. The summed E-state index contributed by atoms with van der Waals surface area (Å²) in [6.07, 6.45) is 2.45. The van der Waals surface area contributed by atoms with Gasteiger partial charge in [-0.05, 0) is 42.2 Å². The third kappa shape index (κ3) is 3.75. The molecule has 4 nitrogen and oxygen atoms in total. The van der Waals surface area contributed by atoms with Crippen molar-refractivity contribution in [3.05, 3.63) is 56.2 Å². The van der Waals surface area contributed by atoms with Gasteiger partial charge in [0.25, 0.3) is 5.91 Å². The van der Waals surface area contributed by atoms with Crippen LogP contribution < -0.4 is 5.32 Å². The molecule has 4 rings (SSSR count). The zero-order chi connectivity index (χ0) is 17.3. The molecule has 132 valence electrons. The van der Waals surface area contributed by atoms with Gasteiger partial charge in [-0.3, -0.25) is 4.79 Å². The molecule has 3 heterocycles. The highest BCUT2D eigenvalue weighted by Gasteiger charge is 2.37. The highest BCUT2D eigenvalue weighted by Crippen LogP contribution is 2.29. The second kappa shape index (κ2) is 7.08. The molecule has 1 atom stereocenters. The fourth-order valence-corrected chi connectivity index (χ4v) is 4.61. The van der Waals surface area contributed by atoms with E-state index >= 15 is 0 Å². The van der Waals surface area contributed by atoms with Crippen molar-refractivity contribution in [1.82, 2.24) is 5.32 Å². The largest absolute Gasteiger partial charge is 0.379 e. The summed E-state index contributed by atoms with van der Waals surface area (Å²) in [7, 11) is 0. The quantitative estimate of drug-likeness (QED) is 0.885. The number of hydrogen-bond donors (Lipinski definition) is 1. The van der Waals surface area contributed by atoms with Crippen molar-refractivity contribution in [2.75, 3.05) is 19.8 Å². The molecule has 1 aromatic carbocycles. The van der Waals surface area contributed by atoms with Crippen molar-refractivity contribution in [3.8, 4) is 0 Å². The summed E-state index contributed by atoms with van der Waals surface area (Å²) < 4.78 is 11.1. The van der Waals surface area contributed by atoms with Gasteiger partial charge in [-0.15, -0.1) is 11.3 Å². The van der Waals surface area contributed by atoms with E-state index in [9.17, 15) is 4.79 Å². The number of ether oxygens (including phenoxy) is 2. The first-order chi connectivity index (χ1) is 12.1. The van der Waals surface area contributed by atoms with Crippen molar-refractivity contribution in [2.45, 2.75) is 31.4 Å². The zero-order valence-electron chi connectivity index (χ0n) is 13.8. The Kier molecular flexibility index (Phi) is 4.82. The summed E-state index contributed by atoms with van der Waals surface area (Å²) >= 11 is 7.56. The van der Waals surface area contributed by atoms with Gasteiger partial charge in [0, 0.05) is 22.9 Å². The molecule has 0 radical (unpaired) electrons. The number of rotatable bonds is 4. The van der Waals surface area contributed by atoms with Crippen molar-refractivity contribution in [3.63, 3.8) is 0 Å². The first kappa shape index (κ1) is 17.0. The highest BCUT2D eigenvalue weighted by atomic mass is 35.5. The van der Waals surface area contributed by atoms with Crippen molar-refractivity contribution in [1.29, 1.82) is 0 Å². The van der Waals surface area contributed by atoms with E-state index in [1.807, 2.05) is 30.3 Å². The maximum Gasteiger partial charge on any atom is 0.261 e. The number of fused-ring (bicyclic) bond motifs is 1. The van der Waals surface area contributed by atoms with Gasteiger partial charge in [-0.2, -0.15) is 0 Å². The number of halogens is 1. The second-order valence-electron chi connectivity index (χ2n) is 6.70. The Morgan fingerprint density at radius 1 is 1.24 bits per heavy atom. The minimum atomic E-state index is -0.355. The standard InChI is InChI=1S/C19H20ClNO3S/c20-15-3-1-13(2-4-15)10-19(6-8-24-12-19)21-18(22)17-9-14-11-23-7-5-16(14)25-17/h1-4,9H,5-8,10-12H2,(H,21,22)/t19-/m0/s1.